The third kappa shape index (κ3) is 4.48. The van der Waals surface area contributed by atoms with Gasteiger partial charge in [0.25, 0.3) is 11.6 Å². The molecule has 11 nitrogen and oxygen atoms in total. The summed E-state index contributed by atoms with van der Waals surface area (Å²) < 4.78 is 10.9. The second-order valence-electron chi connectivity index (χ2n) is 8.20. The molecule has 5 rings (SSSR count). The lowest BCUT2D eigenvalue weighted by molar-refractivity contribution is -0.384. The molecule has 2 saturated heterocycles. The molecule has 2 amide bonds. The molecule has 12 heteroatoms. The maximum absolute atomic E-state index is 13.2. The zero-order chi connectivity index (χ0) is 25.3. The summed E-state index contributed by atoms with van der Waals surface area (Å²) in [5.41, 5.74) is 2.12. The van der Waals surface area contributed by atoms with Crippen molar-refractivity contribution < 1.29 is 24.0 Å². The van der Waals surface area contributed by atoms with Crippen molar-refractivity contribution in [3.63, 3.8) is 0 Å². The molecule has 1 atom stereocenters. The number of nitrogens with one attached hydrogen (secondary N) is 2. The Morgan fingerprint density at radius 1 is 1.22 bits per heavy atom. The molecule has 1 spiro atoms. The van der Waals surface area contributed by atoms with E-state index in [0.717, 1.165) is 16.6 Å². The highest BCUT2D eigenvalue weighted by Gasteiger charge is 2.56. The zero-order valence-corrected chi connectivity index (χ0v) is 19.5. The number of aromatic nitrogens is 1. The molecule has 3 aromatic rings. The highest BCUT2D eigenvalue weighted by atomic mass is 35.5. The number of ether oxygens (including phenoxy) is 2. The van der Waals surface area contributed by atoms with Gasteiger partial charge in [0.05, 0.1) is 10.4 Å². The van der Waals surface area contributed by atoms with E-state index in [1.807, 2.05) is 12.1 Å². The molecule has 1 aromatic heterocycles. The van der Waals surface area contributed by atoms with E-state index in [-0.39, 0.29) is 24.6 Å². The fraction of sp³-hybridized carbons (Fsp3) is 0.208. The fourth-order valence-electron chi connectivity index (χ4n) is 4.13. The van der Waals surface area contributed by atoms with Gasteiger partial charge < -0.3 is 14.8 Å². The van der Waals surface area contributed by atoms with Crippen LogP contribution in [0.15, 0.2) is 60.5 Å². The van der Waals surface area contributed by atoms with Crippen LogP contribution in [0.2, 0.25) is 5.02 Å². The molecule has 2 fully saturated rings. The largest absolute Gasteiger partial charge is 0.441 e. The van der Waals surface area contributed by atoms with Crippen molar-refractivity contribution >= 4 is 52.0 Å². The number of hydrogen-bond donors (Lipinski definition) is 2. The van der Waals surface area contributed by atoms with Crippen LogP contribution in [0.25, 0.3) is 17.0 Å². The van der Waals surface area contributed by atoms with E-state index in [4.69, 9.17) is 21.1 Å². The van der Waals surface area contributed by atoms with E-state index in [1.165, 1.54) is 35.2 Å². The third-order valence-electron chi connectivity index (χ3n) is 5.85. The van der Waals surface area contributed by atoms with Gasteiger partial charge in [-0.25, -0.2) is 4.79 Å². The molecule has 2 aromatic carbocycles. The standard InChI is InChI=1S/C24H20ClN5O6/c25-16-4-7-18-19(8-10-27-20(18)13-16)26-9-1-11-29-22(31)21(36-24(29)14-35-23(32)28-24)12-15-2-5-17(6-3-15)30(33)34/h2-8,10,12-13H,1,9,11,14H2,(H,26,27)(H,28,32)/b21-12-. The van der Waals surface area contributed by atoms with Crippen molar-refractivity contribution in [2.24, 2.45) is 0 Å². The van der Waals surface area contributed by atoms with Gasteiger partial charge in [-0.2, -0.15) is 0 Å². The van der Waals surface area contributed by atoms with Crippen LogP contribution >= 0.6 is 11.6 Å². The number of pyridine rings is 1. The van der Waals surface area contributed by atoms with Crippen molar-refractivity contribution in [1.82, 2.24) is 15.2 Å². The summed E-state index contributed by atoms with van der Waals surface area (Å²) in [5.74, 6) is -1.87. The summed E-state index contributed by atoms with van der Waals surface area (Å²) in [7, 11) is 0. The molecular formula is C24H20ClN5O6. The molecule has 0 bridgehead atoms. The molecule has 2 N–H and O–H groups in total. The van der Waals surface area contributed by atoms with Gasteiger partial charge in [0.1, 0.15) is 0 Å². The minimum atomic E-state index is -1.44. The fourth-order valence-corrected chi connectivity index (χ4v) is 4.29. The number of nitrogens with zero attached hydrogens (tertiary/aromatic N) is 3. The van der Waals surface area contributed by atoms with Gasteiger partial charge in [0.2, 0.25) is 0 Å². The molecule has 2 aliphatic rings. The quantitative estimate of drug-likeness (QED) is 0.212. The second-order valence-corrected chi connectivity index (χ2v) is 8.64. The summed E-state index contributed by atoms with van der Waals surface area (Å²) in [6, 6.07) is 13.0. The Balaban J connectivity index is 1.29. The zero-order valence-electron chi connectivity index (χ0n) is 18.8. The molecule has 184 valence electrons. The van der Waals surface area contributed by atoms with Crippen LogP contribution in [-0.4, -0.2) is 52.4 Å². The van der Waals surface area contributed by atoms with Gasteiger partial charge in [0.15, 0.2) is 12.4 Å². The SMILES string of the molecule is O=C1NC2(CO1)O/C(=C\c1ccc([N+](=O)[O-])cc1)C(=O)N2CCCNc1ccnc2cc(Cl)ccc12. The lowest BCUT2D eigenvalue weighted by Gasteiger charge is -2.29. The predicted molar refractivity (Wildman–Crippen MR) is 131 cm³/mol. The first-order chi connectivity index (χ1) is 17.3. The molecule has 36 heavy (non-hydrogen) atoms. The summed E-state index contributed by atoms with van der Waals surface area (Å²) in [5, 5.41) is 18.3. The number of halogens is 1. The van der Waals surface area contributed by atoms with Crippen LogP contribution in [0, 0.1) is 10.1 Å². The third-order valence-corrected chi connectivity index (χ3v) is 6.08. The Labute approximate surface area is 209 Å². The Morgan fingerprint density at radius 3 is 2.75 bits per heavy atom. The van der Waals surface area contributed by atoms with E-state index in [0.29, 0.717) is 23.6 Å². The van der Waals surface area contributed by atoms with Crippen LogP contribution in [-0.2, 0) is 14.3 Å². The predicted octanol–water partition coefficient (Wildman–Crippen LogP) is 3.89. The summed E-state index contributed by atoms with van der Waals surface area (Å²) in [6.45, 7) is 0.623. The van der Waals surface area contributed by atoms with Gasteiger partial charge in [-0.15, -0.1) is 0 Å². The highest BCUT2D eigenvalue weighted by molar-refractivity contribution is 6.31. The number of hydrogen-bond acceptors (Lipinski definition) is 8. The number of amides is 2. The molecule has 3 heterocycles. The first-order valence-corrected chi connectivity index (χ1v) is 11.4. The van der Waals surface area contributed by atoms with E-state index >= 15 is 0 Å². The molecule has 0 saturated carbocycles. The van der Waals surface area contributed by atoms with Gasteiger partial charge in [-0.05, 0) is 54.5 Å². The average molecular weight is 510 g/mol. The Hall–Kier alpha value is -4.38. The van der Waals surface area contributed by atoms with Gasteiger partial charge in [-0.3, -0.25) is 30.1 Å². The minimum Gasteiger partial charge on any atom is -0.441 e. The van der Waals surface area contributed by atoms with Crippen LogP contribution in [0.5, 0.6) is 0 Å². The summed E-state index contributed by atoms with van der Waals surface area (Å²) in [6.07, 6.45) is 3.01. The minimum absolute atomic E-state index is 0.000353. The number of alkyl carbamates (subject to hydrolysis) is 1. The first-order valence-electron chi connectivity index (χ1n) is 11.0. The van der Waals surface area contributed by atoms with Crippen LogP contribution in [0.1, 0.15) is 12.0 Å². The number of carbonyl (C=O) groups excluding carboxylic acids is 2. The lowest BCUT2D eigenvalue weighted by atomic mass is 10.2. The number of cyclic esters (lactones) is 1. The number of non-ortho nitro benzene ring substituents is 1. The van der Waals surface area contributed by atoms with E-state index in [2.05, 4.69) is 15.6 Å². The number of fused-ring (bicyclic) bond motifs is 1. The summed E-state index contributed by atoms with van der Waals surface area (Å²) in [4.78, 5) is 41.1. The van der Waals surface area contributed by atoms with Crippen LogP contribution in [0.3, 0.4) is 0 Å². The Bertz CT molecular complexity index is 1400. The maximum atomic E-state index is 13.2. The normalized spacial score (nSPS) is 20.0. The number of carbonyl (C=O) groups is 2. The number of rotatable bonds is 7. The number of anilines is 1. The topological polar surface area (TPSA) is 136 Å². The molecular weight excluding hydrogens is 490 g/mol. The molecule has 1 unspecified atom stereocenters. The Morgan fingerprint density at radius 2 is 2.03 bits per heavy atom. The average Bonchev–Trinajstić information content (AvgIpc) is 3.35. The number of nitro groups is 1. The summed E-state index contributed by atoms with van der Waals surface area (Å²) >= 11 is 6.05. The monoisotopic (exact) mass is 509 g/mol. The molecule has 0 radical (unpaired) electrons. The molecule has 2 aliphatic heterocycles. The van der Waals surface area contributed by atoms with Gasteiger partial charge in [0, 0.05) is 47.5 Å². The van der Waals surface area contributed by atoms with Crippen molar-refractivity contribution in [3.05, 3.63) is 81.2 Å². The highest BCUT2D eigenvalue weighted by Crippen LogP contribution is 2.33. The first kappa shape index (κ1) is 23.4. The number of benzene rings is 2. The second kappa shape index (κ2) is 9.34. The maximum Gasteiger partial charge on any atom is 0.412 e. The van der Waals surface area contributed by atoms with Crippen molar-refractivity contribution in [2.75, 3.05) is 25.0 Å². The smallest absolute Gasteiger partial charge is 0.412 e. The van der Waals surface area contributed by atoms with Crippen molar-refractivity contribution in [3.8, 4) is 0 Å². The van der Waals surface area contributed by atoms with Crippen LogP contribution < -0.4 is 10.6 Å². The lowest BCUT2D eigenvalue weighted by Crippen LogP contribution is -2.56. The van der Waals surface area contributed by atoms with Crippen molar-refractivity contribution in [2.45, 2.75) is 12.3 Å². The van der Waals surface area contributed by atoms with E-state index in [9.17, 15) is 19.7 Å². The number of nitro benzene ring substituents is 1. The van der Waals surface area contributed by atoms with Crippen molar-refractivity contribution in [1.29, 1.82) is 0 Å². The van der Waals surface area contributed by atoms with Gasteiger partial charge >= 0.3 is 11.9 Å². The molecule has 0 aliphatic carbocycles. The van der Waals surface area contributed by atoms with E-state index in [1.54, 1.807) is 18.3 Å². The Kier molecular flexibility index (Phi) is 6.06. The van der Waals surface area contributed by atoms with E-state index < -0.39 is 22.8 Å². The van der Waals surface area contributed by atoms with Gasteiger partial charge in [-0.1, -0.05) is 11.6 Å². The van der Waals surface area contributed by atoms with Crippen LogP contribution in [0.4, 0.5) is 16.2 Å².